The van der Waals surface area contributed by atoms with E-state index < -0.39 is 23.5 Å². The highest BCUT2D eigenvalue weighted by Crippen LogP contribution is 2.22. The van der Waals surface area contributed by atoms with Gasteiger partial charge in [-0.05, 0) is 6.42 Å². The Morgan fingerprint density at radius 3 is 2.13 bits per heavy atom. The van der Waals surface area contributed by atoms with Crippen molar-refractivity contribution in [2.45, 2.75) is 25.4 Å². The molecule has 0 bridgehead atoms. The minimum Gasteiger partial charge on any atom is -0.478 e. The molecule has 1 atom stereocenters. The van der Waals surface area contributed by atoms with Crippen LogP contribution in [0, 0.1) is 0 Å². The van der Waals surface area contributed by atoms with Gasteiger partial charge in [-0.2, -0.15) is 0 Å². The number of alkyl halides is 1. The van der Waals surface area contributed by atoms with Crippen LogP contribution < -0.4 is 0 Å². The first-order valence-electron chi connectivity index (χ1n) is 4.15. The van der Waals surface area contributed by atoms with E-state index in [0.29, 0.717) is 0 Å². The molecule has 1 unspecified atom stereocenters. The van der Waals surface area contributed by atoms with Crippen LogP contribution in [0.4, 0.5) is 0 Å². The topological polar surface area (TPSA) is 101 Å². The molecule has 86 valence electrons. The van der Waals surface area contributed by atoms with E-state index in [1.807, 2.05) is 0 Å². The Kier molecular flexibility index (Phi) is 5.07. The second kappa shape index (κ2) is 5.55. The molecule has 0 aliphatic rings. The maximum atomic E-state index is 10.9. The SMILES string of the molecule is CCC(CCCl)(OC(=O)C(=O)O)C(=O)O. The number of hydrogen-bond acceptors (Lipinski definition) is 4. The molecule has 7 heteroatoms. The van der Waals surface area contributed by atoms with Crippen LogP contribution in [0.5, 0.6) is 0 Å². The molecule has 0 aromatic heterocycles. The number of carbonyl (C=O) groups is 3. The van der Waals surface area contributed by atoms with Gasteiger partial charge in [-0.1, -0.05) is 6.92 Å². The normalized spacial score (nSPS) is 14.0. The molecule has 0 spiro atoms. The zero-order valence-corrected chi connectivity index (χ0v) is 8.78. The molecule has 0 saturated heterocycles. The number of aliphatic carboxylic acids is 2. The molecule has 0 aliphatic carbocycles. The summed E-state index contributed by atoms with van der Waals surface area (Å²) in [5, 5.41) is 17.1. The maximum Gasteiger partial charge on any atom is 0.418 e. The first kappa shape index (κ1) is 13.7. The first-order chi connectivity index (χ1) is 6.89. The highest BCUT2D eigenvalue weighted by molar-refractivity contribution is 6.29. The van der Waals surface area contributed by atoms with Gasteiger partial charge in [0.25, 0.3) is 0 Å². The van der Waals surface area contributed by atoms with Crippen molar-refractivity contribution in [3.8, 4) is 0 Å². The molecular formula is C8H11ClO6. The monoisotopic (exact) mass is 238 g/mol. The second-order valence-electron chi connectivity index (χ2n) is 2.79. The molecule has 0 rings (SSSR count). The third kappa shape index (κ3) is 3.39. The molecule has 0 aromatic rings. The van der Waals surface area contributed by atoms with Crippen LogP contribution in [0.3, 0.4) is 0 Å². The molecule has 6 nitrogen and oxygen atoms in total. The summed E-state index contributed by atoms with van der Waals surface area (Å²) in [6.07, 6.45) is -0.187. The Balaban J connectivity index is 4.84. The Hall–Kier alpha value is -1.30. The average Bonchev–Trinajstić information content (AvgIpc) is 2.16. The Morgan fingerprint density at radius 2 is 1.87 bits per heavy atom. The van der Waals surface area contributed by atoms with Crippen LogP contribution in [-0.2, 0) is 19.1 Å². The zero-order chi connectivity index (χ0) is 12.1. The molecular weight excluding hydrogens is 228 g/mol. The fraction of sp³-hybridized carbons (Fsp3) is 0.625. The lowest BCUT2D eigenvalue weighted by Gasteiger charge is -2.26. The lowest BCUT2D eigenvalue weighted by Crippen LogP contribution is -2.44. The molecule has 0 aromatic carbocycles. The predicted octanol–water partition coefficient (Wildman–Crippen LogP) is 0.476. The highest BCUT2D eigenvalue weighted by atomic mass is 35.5. The van der Waals surface area contributed by atoms with E-state index in [0.717, 1.165) is 0 Å². The van der Waals surface area contributed by atoms with Gasteiger partial charge in [0.15, 0.2) is 0 Å². The van der Waals surface area contributed by atoms with Crippen LogP contribution in [0.15, 0.2) is 0 Å². The van der Waals surface area contributed by atoms with E-state index in [9.17, 15) is 14.4 Å². The average molecular weight is 239 g/mol. The smallest absolute Gasteiger partial charge is 0.418 e. The third-order valence-corrected chi connectivity index (χ3v) is 2.11. The Morgan fingerprint density at radius 1 is 1.33 bits per heavy atom. The molecule has 0 radical (unpaired) electrons. The van der Waals surface area contributed by atoms with Gasteiger partial charge in [-0.15, -0.1) is 11.6 Å². The van der Waals surface area contributed by atoms with Crippen LogP contribution in [0.25, 0.3) is 0 Å². The van der Waals surface area contributed by atoms with Crippen LogP contribution >= 0.6 is 11.6 Å². The summed E-state index contributed by atoms with van der Waals surface area (Å²) in [6.45, 7) is 1.47. The summed E-state index contributed by atoms with van der Waals surface area (Å²) in [6, 6.07) is 0. The van der Waals surface area contributed by atoms with Gasteiger partial charge in [0.1, 0.15) is 0 Å². The number of carboxylic acids is 2. The summed E-state index contributed by atoms with van der Waals surface area (Å²) in [4.78, 5) is 31.9. The molecule has 0 heterocycles. The van der Waals surface area contributed by atoms with Crippen molar-refractivity contribution < 1.29 is 29.3 Å². The maximum absolute atomic E-state index is 10.9. The van der Waals surface area contributed by atoms with Crippen molar-refractivity contribution in [2.24, 2.45) is 0 Å². The van der Waals surface area contributed by atoms with Crippen LogP contribution in [-0.4, -0.2) is 39.6 Å². The third-order valence-electron chi connectivity index (χ3n) is 1.92. The molecule has 0 fully saturated rings. The minimum atomic E-state index is -1.85. The van der Waals surface area contributed by atoms with Crippen LogP contribution in [0.1, 0.15) is 19.8 Å². The second-order valence-corrected chi connectivity index (χ2v) is 3.16. The van der Waals surface area contributed by atoms with Crippen molar-refractivity contribution in [3.05, 3.63) is 0 Å². The summed E-state index contributed by atoms with van der Waals surface area (Å²) >= 11 is 5.37. The van der Waals surface area contributed by atoms with Gasteiger partial charge in [0, 0.05) is 12.3 Å². The van der Waals surface area contributed by atoms with E-state index in [-0.39, 0.29) is 18.7 Å². The standard InChI is InChI=1S/C8H11ClO6/c1-2-8(3-4-9,7(13)14)15-6(12)5(10)11/h2-4H2,1H3,(H,10,11)(H,13,14). The fourth-order valence-electron chi connectivity index (χ4n) is 0.976. The van der Waals surface area contributed by atoms with Gasteiger partial charge in [-0.25, -0.2) is 14.4 Å². The number of carboxylic acid groups (broad SMARTS) is 2. The summed E-state index contributed by atoms with van der Waals surface area (Å²) in [5.74, 6) is -4.87. The summed E-state index contributed by atoms with van der Waals surface area (Å²) in [7, 11) is 0. The molecule has 0 amide bonds. The van der Waals surface area contributed by atoms with Crippen molar-refractivity contribution >= 4 is 29.5 Å². The molecule has 0 saturated carbocycles. The number of ether oxygens (including phenoxy) is 1. The van der Waals surface area contributed by atoms with E-state index in [1.165, 1.54) is 6.92 Å². The van der Waals surface area contributed by atoms with Crippen molar-refractivity contribution in [3.63, 3.8) is 0 Å². The predicted molar refractivity (Wildman–Crippen MR) is 49.7 cm³/mol. The lowest BCUT2D eigenvalue weighted by molar-refractivity contribution is -0.185. The van der Waals surface area contributed by atoms with Gasteiger partial charge in [0.05, 0.1) is 0 Å². The molecule has 2 N–H and O–H groups in total. The Labute approximate surface area is 90.8 Å². The van der Waals surface area contributed by atoms with Gasteiger partial charge in [0.2, 0.25) is 5.60 Å². The number of halogens is 1. The Bertz CT molecular complexity index is 276. The number of hydrogen-bond donors (Lipinski definition) is 2. The molecule has 15 heavy (non-hydrogen) atoms. The zero-order valence-electron chi connectivity index (χ0n) is 8.03. The van der Waals surface area contributed by atoms with Crippen molar-refractivity contribution in [1.82, 2.24) is 0 Å². The van der Waals surface area contributed by atoms with Gasteiger partial charge >= 0.3 is 17.9 Å². The van der Waals surface area contributed by atoms with Gasteiger partial charge < -0.3 is 14.9 Å². The van der Waals surface area contributed by atoms with E-state index in [4.69, 9.17) is 21.8 Å². The van der Waals surface area contributed by atoms with E-state index in [2.05, 4.69) is 4.74 Å². The molecule has 0 aliphatic heterocycles. The number of esters is 1. The summed E-state index contributed by atoms with van der Waals surface area (Å²) in [5.41, 5.74) is -1.85. The fourth-order valence-corrected chi connectivity index (χ4v) is 1.28. The summed E-state index contributed by atoms with van der Waals surface area (Å²) < 4.78 is 4.43. The number of rotatable bonds is 5. The number of carbonyl (C=O) groups excluding carboxylic acids is 1. The minimum absolute atomic E-state index is 0.0475. The highest BCUT2D eigenvalue weighted by Gasteiger charge is 2.41. The van der Waals surface area contributed by atoms with E-state index in [1.54, 1.807) is 0 Å². The van der Waals surface area contributed by atoms with E-state index >= 15 is 0 Å². The van der Waals surface area contributed by atoms with Crippen molar-refractivity contribution in [1.29, 1.82) is 0 Å². The van der Waals surface area contributed by atoms with Crippen LogP contribution in [0.2, 0.25) is 0 Å². The lowest BCUT2D eigenvalue weighted by atomic mass is 9.97. The quantitative estimate of drug-likeness (QED) is 0.410. The largest absolute Gasteiger partial charge is 0.478 e. The van der Waals surface area contributed by atoms with Gasteiger partial charge in [-0.3, -0.25) is 0 Å². The first-order valence-corrected chi connectivity index (χ1v) is 4.68. The van der Waals surface area contributed by atoms with Crippen molar-refractivity contribution in [2.75, 3.05) is 5.88 Å².